The molecule has 11 nitrogen and oxygen atoms in total. The van der Waals surface area contributed by atoms with Crippen molar-refractivity contribution in [3.05, 3.63) is 107 Å². The molecule has 2 aliphatic heterocycles. The molecule has 0 radical (unpaired) electrons. The predicted molar refractivity (Wildman–Crippen MR) is 156 cm³/mol. The molecule has 4 amide bonds. The van der Waals surface area contributed by atoms with Gasteiger partial charge in [0.05, 0.1) is 12.7 Å². The summed E-state index contributed by atoms with van der Waals surface area (Å²) in [6, 6.07) is 22.5. The Hall–Kier alpha value is -4.71. The van der Waals surface area contributed by atoms with Crippen molar-refractivity contribution < 1.29 is 34.1 Å². The van der Waals surface area contributed by atoms with Gasteiger partial charge >= 0.3 is 12.1 Å². The normalized spacial score (nSPS) is 21.0. The lowest BCUT2D eigenvalue weighted by molar-refractivity contribution is -0.0621. The summed E-state index contributed by atoms with van der Waals surface area (Å²) in [5.41, 5.74) is 5.77. The number of hydrogen-bond acceptors (Lipinski definition) is 7. The Labute approximate surface area is 248 Å². The highest BCUT2D eigenvalue weighted by molar-refractivity contribution is 5.96. The maximum atomic E-state index is 12.8. The molecule has 2 heterocycles. The summed E-state index contributed by atoms with van der Waals surface area (Å²) in [5, 5.41) is 27.2. The third-order valence-electron chi connectivity index (χ3n) is 7.97. The SMILES string of the molecule is O=C(NCc1ccc(C(=O)NC2=CCN([C@H]3C[C@@H](O)[C@@H](CO)O3)C(=O)N2)cc1)OCC1c2ccccc2-c2ccccc21. The highest BCUT2D eigenvalue weighted by Gasteiger charge is 2.39. The molecule has 1 fully saturated rings. The molecule has 0 spiro atoms. The van der Waals surface area contributed by atoms with Crippen LogP contribution in [0.1, 0.15) is 39.4 Å². The Morgan fingerprint density at radius 2 is 1.67 bits per heavy atom. The molecule has 1 aliphatic carbocycles. The van der Waals surface area contributed by atoms with Crippen LogP contribution in [0.3, 0.4) is 0 Å². The fourth-order valence-electron chi connectivity index (χ4n) is 5.71. The van der Waals surface area contributed by atoms with Gasteiger partial charge in [0, 0.05) is 31.0 Å². The van der Waals surface area contributed by atoms with E-state index in [1.807, 2.05) is 24.3 Å². The van der Waals surface area contributed by atoms with Gasteiger partial charge in [-0.25, -0.2) is 9.59 Å². The lowest BCUT2D eigenvalue weighted by Gasteiger charge is -2.31. The maximum absolute atomic E-state index is 12.8. The standard InChI is InChI=1S/C32H32N4O7/c37-17-27-26(38)15-29(43-27)36-14-13-28(35-31(36)40)34-30(39)20-11-9-19(10-12-20)16-33-32(41)42-18-25-23-7-3-1-5-21(23)22-6-2-4-8-24(22)25/h1-13,25-27,29,37-38H,14-18H2,(H,33,41)(H,34,39)(H,35,40)/t26-,27-,29-/m1/s1. The van der Waals surface area contributed by atoms with E-state index in [0.29, 0.717) is 5.56 Å². The van der Waals surface area contributed by atoms with Gasteiger partial charge in [-0.2, -0.15) is 0 Å². The van der Waals surface area contributed by atoms with Crippen molar-refractivity contribution in [3.8, 4) is 11.1 Å². The van der Waals surface area contributed by atoms with Crippen molar-refractivity contribution in [2.24, 2.45) is 0 Å². The van der Waals surface area contributed by atoms with Gasteiger partial charge in [-0.3, -0.25) is 15.0 Å². The summed E-state index contributed by atoms with van der Waals surface area (Å²) in [4.78, 5) is 39.2. The van der Waals surface area contributed by atoms with Crippen LogP contribution in [0.25, 0.3) is 11.1 Å². The number of hydrogen-bond donors (Lipinski definition) is 5. The van der Waals surface area contributed by atoms with E-state index in [-0.39, 0.29) is 44.5 Å². The van der Waals surface area contributed by atoms with Crippen molar-refractivity contribution in [2.45, 2.75) is 37.3 Å². The second-order valence-electron chi connectivity index (χ2n) is 10.6. The van der Waals surface area contributed by atoms with E-state index in [2.05, 4.69) is 40.2 Å². The molecule has 1 saturated heterocycles. The van der Waals surface area contributed by atoms with Gasteiger partial charge in [0.2, 0.25) is 0 Å². The lowest BCUT2D eigenvalue weighted by Crippen LogP contribution is -2.51. The number of nitrogens with one attached hydrogen (secondary N) is 3. The van der Waals surface area contributed by atoms with Gasteiger partial charge < -0.3 is 30.3 Å². The van der Waals surface area contributed by atoms with Crippen molar-refractivity contribution in [3.63, 3.8) is 0 Å². The van der Waals surface area contributed by atoms with E-state index < -0.39 is 36.5 Å². The first-order valence-electron chi connectivity index (χ1n) is 14.1. The number of carbonyl (C=O) groups excluding carboxylic acids is 3. The lowest BCUT2D eigenvalue weighted by atomic mass is 9.98. The molecule has 0 bridgehead atoms. The average molecular weight is 585 g/mol. The molecule has 3 atom stereocenters. The van der Waals surface area contributed by atoms with E-state index >= 15 is 0 Å². The molecule has 0 saturated carbocycles. The zero-order valence-electron chi connectivity index (χ0n) is 23.2. The number of benzene rings is 3. The molecule has 0 unspecified atom stereocenters. The van der Waals surface area contributed by atoms with Crippen LogP contribution in [0.2, 0.25) is 0 Å². The number of aliphatic hydroxyl groups excluding tert-OH is 2. The van der Waals surface area contributed by atoms with Crippen molar-refractivity contribution in [1.82, 2.24) is 20.9 Å². The first-order chi connectivity index (χ1) is 20.9. The second-order valence-corrected chi connectivity index (χ2v) is 10.6. The number of rotatable bonds is 8. The Bertz CT molecular complexity index is 1510. The first-order valence-corrected chi connectivity index (χ1v) is 14.1. The van der Waals surface area contributed by atoms with Crippen LogP contribution in [0, 0.1) is 0 Å². The topological polar surface area (TPSA) is 149 Å². The van der Waals surface area contributed by atoms with Crippen LogP contribution in [-0.2, 0) is 16.0 Å². The summed E-state index contributed by atoms with van der Waals surface area (Å²) in [7, 11) is 0. The minimum atomic E-state index is -0.857. The van der Waals surface area contributed by atoms with Crippen LogP contribution in [0.4, 0.5) is 9.59 Å². The molecule has 0 aromatic heterocycles. The number of urea groups is 1. The zero-order valence-corrected chi connectivity index (χ0v) is 23.2. The van der Waals surface area contributed by atoms with Gasteiger partial charge in [-0.05, 0) is 46.0 Å². The van der Waals surface area contributed by atoms with Gasteiger partial charge in [0.25, 0.3) is 5.91 Å². The maximum Gasteiger partial charge on any atom is 0.407 e. The molecule has 11 heteroatoms. The van der Waals surface area contributed by atoms with Gasteiger partial charge in [0.15, 0.2) is 0 Å². The summed E-state index contributed by atoms with van der Waals surface area (Å²) in [6.07, 6.45) is -0.965. The number of aliphatic hydroxyl groups is 2. The summed E-state index contributed by atoms with van der Waals surface area (Å²) in [6.45, 7) is 0.276. The van der Waals surface area contributed by atoms with Crippen LogP contribution in [0.15, 0.2) is 84.7 Å². The second kappa shape index (κ2) is 12.3. The number of nitrogens with zero attached hydrogens (tertiary/aromatic N) is 1. The number of amides is 4. The minimum absolute atomic E-state index is 0.0226. The van der Waals surface area contributed by atoms with Crippen molar-refractivity contribution >= 4 is 18.0 Å². The Kier molecular flexibility index (Phi) is 8.10. The Morgan fingerprint density at radius 1 is 1.00 bits per heavy atom. The van der Waals surface area contributed by atoms with E-state index in [4.69, 9.17) is 9.47 Å². The molecule has 6 rings (SSSR count). The quantitative estimate of drug-likeness (QED) is 0.273. The van der Waals surface area contributed by atoms with Gasteiger partial charge in [0.1, 0.15) is 24.8 Å². The Morgan fingerprint density at radius 3 is 2.30 bits per heavy atom. The fourth-order valence-corrected chi connectivity index (χ4v) is 5.71. The van der Waals surface area contributed by atoms with Gasteiger partial charge in [-0.15, -0.1) is 0 Å². The van der Waals surface area contributed by atoms with Gasteiger partial charge in [-0.1, -0.05) is 60.7 Å². The molecule has 43 heavy (non-hydrogen) atoms. The molecule has 222 valence electrons. The molecule has 3 aliphatic rings. The number of fused-ring (bicyclic) bond motifs is 3. The summed E-state index contributed by atoms with van der Waals surface area (Å²) < 4.78 is 11.1. The van der Waals surface area contributed by atoms with Crippen molar-refractivity contribution in [2.75, 3.05) is 19.8 Å². The fraction of sp³-hybridized carbons (Fsp3) is 0.281. The van der Waals surface area contributed by atoms with Crippen molar-refractivity contribution in [1.29, 1.82) is 0 Å². The molecular formula is C32H32N4O7. The third kappa shape index (κ3) is 5.96. The van der Waals surface area contributed by atoms with Crippen LogP contribution in [0.5, 0.6) is 0 Å². The monoisotopic (exact) mass is 584 g/mol. The highest BCUT2D eigenvalue weighted by Crippen LogP contribution is 2.44. The molecular weight excluding hydrogens is 552 g/mol. The van der Waals surface area contributed by atoms with Crippen LogP contribution < -0.4 is 16.0 Å². The molecule has 3 aromatic rings. The zero-order chi connectivity index (χ0) is 29.9. The minimum Gasteiger partial charge on any atom is -0.449 e. The smallest absolute Gasteiger partial charge is 0.407 e. The van der Waals surface area contributed by atoms with E-state index in [9.17, 15) is 24.6 Å². The number of carbonyl (C=O) groups is 3. The largest absolute Gasteiger partial charge is 0.449 e. The molecule has 5 N–H and O–H groups in total. The Balaban J connectivity index is 0.975. The predicted octanol–water partition coefficient (Wildman–Crippen LogP) is 2.79. The summed E-state index contributed by atoms with van der Waals surface area (Å²) in [5.74, 6) is -0.195. The van der Waals surface area contributed by atoms with E-state index in [1.54, 1.807) is 30.3 Å². The van der Waals surface area contributed by atoms with E-state index in [1.165, 1.54) is 4.90 Å². The highest BCUT2D eigenvalue weighted by atomic mass is 16.6. The van der Waals surface area contributed by atoms with Crippen LogP contribution >= 0.6 is 0 Å². The first kappa shape index (κ1) is 28.4. The third-order valence-corrected chi connectivity index (χ3v) is 7.97. The summed E-state index contributed by atoms with van der Waals surface area (Å²) >= 11 is 0. The number of alkyl carbamates (subject to hydrolysis) is 1. The molecule has 3 aromatic carbocycles. The average Bonchev–Trinajstić information content (AvgIpc) is 3.56. The van der Waals surface area contributed by atoms with Crippen LogP contribution in [-0.4, -0.2) is 71.3 Å². The van der Waals surface area contributed by atoms with E-state index in [0.717, 1.165) is 27.8 Å². The number of ether oxygens (including phenoxy) is 2.